The third-order valence-electron chi connectivity index (χ3n) is 15.6. The Labute approximate surface area is 490 Å². The molecule has 2 fully saturated rings. The van der Waals surface area contributed by atoms with Gasteiger partial charge in [-0.25, -0.2) is 0 Å². The van der Waals surface area contributed by atoms with Gasteiger partial charge in [0, 0.05) is 81.9 Å². The molecule has 23 heteroatoms. The van der Waals surface area contributed by atoms with Gasteiger partial charge in [-0.2, -0.15) is 4.83 Å². The fraction of sp³-hybridized carbons (Fsp3) is 0.729. The summed E-state index contributed by atoms with van der Waals surface area (Å²) in [6.45, 7) is 21.2. The number of likely N-dealkylation sites (N-methyl/N-ethyl adjacent to an activating group) is 1. The normalized spacial score (nSPS) is 33.4. The monoisotopic (exact) mass is 1180 g/mol. The van der Waals surface area contributed by atoms with Crippen LogP contribution in [-0.2, 0) is 65.2 Å². The number of aromatic nitrogens is 3. The fourth-order valence-corrected chi connectivity index (χ4v) is 11.3. The molecule has 4 aliphatic rings. The second-order valence-electron chi connectivity index (χ2n) is 21.5. The first kappa shape index (κ1) is 68.9. The number of ketones is 1. The number of methoxy groups -OCH3 is 2. The second kappa shape index (κ2) is 34.9. The van der Waals surface area contributed by atoms with E-state index in [1.54, 1.807) is 45.8 Å². The third-order valence-corrected chi connectivity index (χ3v) is 16.4. The van der Waals surface area contributed by atoms with Crippen molar-refractivity contribution in [3.05, 3.63) is 71.7 Å². The highest BCUT2D eigenvalue weighted by atomic mass is 32.2. The van der Waals surface area contributed by atoms with Crippen LogP contribution in [0, 0.1) is 23.7 Å². The number of cyclic esters (lactones) is 1. The summed E-state index contributed by atoms with van der Waals surface area (Å²) in [4.78, 5) is 33.7. The van der Waals surface area contributed by atoms with Crippen LogP contribution in [0.5, 0.6) is 5.75 Å². The lowest BCUT2D eigenvalue weighted by atomic mass is 9.79. The van der Waals surface area contributed by atoms with E-state index < -0.39 is 116 Å². The summed E-state index contributed by atoms with van der Waals surface area (Å²) in [7, 11) is 4.76. The molecule has 5 heterocycles. The van der Waals surface area contributed by atoms with Crippen LogP contribution in [0.3, 0.4) is 0 Å². The van der Waals surface area contributed by atoms with Crippen molar-refractivity contribution in [1.29, 1.82) is 0 Å². The van der Waals surface area contributed by atoms with Gasteiger partial charge in [-0.1, -0.05) is 69.7 Å². The minimum atomic E-state index is -1.29. The molecule has 0 bridgehead atoms. The minimum Gasteiger partial charge on any atom is -0.494 e. The van der Waals surface area contributed by atoms with Crippen LogP contribution in [0.1, 0.15) is 113 Å². The Morgan fingerprint density at radius 2 is 1.56 bits per heavy atom. The van der Waals surface area contributed by atoms with E-state index >= 15 is 0 Å². The Kier molecular flexibility index (Phi) is 29.3. The molecule has 0 aliphatic carbocycles. The van der Waals surface area contributed by atoms with Gasteiger partial charge in [0.05, 0.1) is 61.9 Å². The number of aliphatic hydroxyl groups excluding tert-OH is 4. The average Bonchev–Trinajstić information content (AvgIpc) is 4.23. The highest BCUT2D eigenvalue weighted by Gasteiger charge is 2.49. The largest absolute Gasteiger partial charge is 0.494 e. The van der Waals surface area contributed by atoms with Gasteiger partial charge < -0.3 is 73.2 Å². The number of allylic oxidation sites excluding steroid dienone is 3. The summed E-state index contributed by atoms with van der Waals surface area (Å²) < 4.78 is 62.0. The van der Waals surface area contributed by atoms with E-state index in [0.717, 1.165) is 36.4 Å². The number of hydrogen-bond donors (Lipinski definition) is 6. The second-order valence-corrected chi connectivity index (χ2v) is 22.4. The zero-order chi connectivity index (χ0) is 60.0. The van der Waals surface area contributed by atoms with E-state index in [1.807, 2.05) is 81.7 Å². The molecule has 0 spiro atoms. The number of rotatable bonds is 23. The molecular weight excluding hydrogens is 1080 g/mol. The first-order chi connectivity index (χ1) is 39.3. The number of aliphatic hydroxyl groups is 4. The molecule has 0 radical (unpaired) electrons. The van der Waals surface area contributed by atoms with E-state index in [2.05, 4.69) is 39.6 Å². The van der Waals surface area contributed by atoms with E-state index in [-0.39, 0.29) is 31.7 Å². The number of carbonyl (C=O) groups is 2. The molecule has 1 aromatic carbocycles. The maximum absolute atomic E-state index is 13.9. The molecule has 82 heavy (non-hydrogen) atoms. The van der Waals surface area contributed by atoms with Crippen molar-refractivity contribution >= 4 is 28.6 Å². The van der Waals surface area contributed by atoms with Gasteiger partial charge >= 0.3 is 5.97 Å². The van der Waals surface area contributed by atoms with E-state index in [4.69, 9.17) is 47.4 Å². The molecule has 6 rings (SSSR count). The Hall–Kier alpha value is -3.89. The Balaban J connectivity index is 0.000000461. The van der Waals surface area contributed by atoms with Gasteiger partial charge in [-0.3, -0.25) is 19.2 Å². The van der Waals surface area contributed by atoms with Crippen molar-refractivity contribution in [2.45, 2.75) is 200 Å². The van der Waals surface area contributed by atoms with Gasteiger partial charge in [-0.15, -0.1) is 5.10 Å². The number of ether oxygens (including phenoxy) is 10. The van der Waals surface area contributed by atoms with E-state index in [1.165, 1.54) is 30.8 Å². The molecular formula is C59H96N6O16S. The Morgan fingerprint density at radius 1 is 0.878 bits per heavy atom. The standard InChI is InChI=1S/C44H77NO15.C15H19N5OS/c1-13-33-30(23-56-44-42(53-12)41(52-11)38(50)28(9)58-44)19-24(5)17-18-31(46)25(6)20-29(21-35(54-15-3)55-16-4)40(26(7)32(47)22-34(48)59-33)60-43-39(51)36(45(10)14-2)37(49)27(8)57-43;1-2-13-11-20(18-17-13)8-3-9-21-14-6-4-12(5-7-14)15-10-16-19-22-15/h17-19,25-30,32-33,35-44,47,49-51H,13-16,20-23H2,1-12H3;4-7,10-11,16,19H,2-3,8-9H2,1H3/b18-17+,24-19+;/t25-,26+,27?,28?,29-,30-,32-,33-,36?,37?,38?,39?,40-,41?,42?,43?,44?;/m1./s1. The highest BCUT2D eigenvalue weighted by molar-refractivity contribution is 8.06. The topological polar surface area (TPSA) is 265 Å². The molecule has 22 nitrogen and oxygen atoms in total. The van der Waals surface area contributed by atoms with Gasteiger partial charge in [0.1, 0.15) is 36.3 Å². The number of aryl methyl sites for hydroxylation is 2. The van der Waals surface area contributed by atoms with Crippen molar-refractivity contribution < 1.29 is 77.4 Å². The lowest BCUT2D eigenvalue weighted by Gasteiger charge is -2.47. The molecule has 2 aromatic rings. The van der Waals surface area contributed by atoms with Crippen LogP contribution in [-0.4, -0.2) is 192 Å². The quantitative estimate of drug-likeness (QED) is 0.0346. The number of nitrogens with zero attached hydrogens (tertiary/aromatic N) is 4. The molecule has 0 amide bonds. The van der Waals surface area contributed by atoms with Crippen molar-refractivity contribution in [3.63, 3.8) is 0 Å². The SMILES string of the molecule is CCOC(C[C@H]1C[C@@H](C)C(=O)/C=C/C(C)=C/[C@H](COC2OC(C)C(O)C(OC)C2OC)[C@@H](CC)OC(=O)C[C@@H](O)[C@H](C)[C@H]1OC1OC(C)C(O)C(N(C)CC)C1O)OCC.CCc1cn(CCCOc2ccc(C3=CNNS3)cc2)nn1. The number of hydrazine groups is 1. The number of carbonyl (C=O) groups excluding carboxylic acids is 2. The smallest absolute Gasteiger partial charge is 0.308 e. The molecule has 0 saturated carbocycles. The fourth-order valence-electron chi connectivity index (χ4n) is 10.7. The lowest BCUT2D eigenvalue weighted by Crippen LogP contribution is -2.63. The van der Waals surface area contributed by atoms with Crippen molar-refractivity contribution in [2.75, 3.05) is 54.2 Å². The molecule has 6 N–H and O–H groups in total. The van der Waals surface area contributed by atoms with Crippen molar-refractivity contribution in [3.8, 4) is 5.75 Å². The van der Waals surface area contributed by atoms with Crippen LogP contribution >= 0.6 is 11.9 Å². The summed E-state index contributed by atoms with van der Waals surface area (Å²) in [5, 5.41) is 53.4. The van der Waals surface area contributed by atoms with Crippen molar-refractivity contribution in [2.24, 2.45) is 23.7 Å². The first-order valence-corrected chi connectivity index (χ1v) is 30.0. The highest BCUT2D eigenvalue weighted by Crippen LogP contribution is 2.37. The lowest BCUT2D eigenvalue weighted by molar-refractivity contribution is -0.307. The molecule has 1 aromatic heterocycles. The average molecular weight is 1180 g/mol. The minimum absolute atomic E-state index is 0.0213. The summed E-state index contributed by atoms with van der Waals surface area (Å²) >= 11 is 1.57. The Morgan fingerprint density at radius 3 is 2.17 bits per heavy atom. The van der Waals surface area contributed by atoms with E-state index in [9.17, 15) is 30.0 Å². The number of nitrogens with one attached hydrogen (secondary N) is 2. The number of hydrogen-bond acceptors (Lipinski definition) is 22. The Bertz CT molecular complexity index is 2290. The van der Waals surface area contributed by atoms with Crippen molar-refractivity contribution in [1.82, 2.24) is 30.2 Å². The van der Waals surface area contributed by atoms with Crippen LogP contribution in [0.2, 0.25) is 0 Å². The predicted octanol–water partition coefficient (Wildman–Crippen LogP) is 5.52. The maximum atomic E-state index is 13.9. The van der Waals surface area contributed by atoms with Gasteiger partial charge in [0.25, 0.3) is 0 Å². The third kappa shape index (κ3) is 19.8. The summed E-state index contributed by atoms with van der Waals surface area (Å²) in [5.41, 5.74) is 5.88. The number of benzene rings is 1. The molecule has 10 unspecified atom stereocenters. The molecule has 2 saturated heterocycles. The van der Waals surface area contributed by atoms with Crippen LogP contribution < -0.4 is 15.0 Å². The summed E-state index contributed by atoms with van der Waals surface area (Å²) in [6, 6.07) is 7.41. The molecule has 4 aliphatic heterocycles. The molecule has 464 valence electrons. The predicted molar refractivity (Wildman–Crippen MR) is 309 cm³/mol. The zero-order valence-electron chi connectivity index (χ0n) is 50.5. The van der Waals surface area contributed by atoms with Gasteiger partial charge in [-0.05, 0) is 109 Å². The van der Waals surface area contributed by atoms with Gasteiger partial charge in [0.15, 0.2) is 24.7 Å². The van der Waals surface area contributed by atoms with Crippen LogP contribution in [0.15, 0.2) is 60.5 Å². The van der Waals surface area contributed by atoms with Crippen LogP contribution in [0.25, 0.3) is 4.91 Å². The summed E-state index contributed by atoms with van der Waals surface area (Å²) in [5.74, 6) is -2.22. The number of esters is 1. The zero-order valence-corrected chi connectivity index (χ0v) is 51.3. The van der Waals surface area contributed by atoms with Crippen LogP contribution in [0.4, 0.5) is 0 Å². The first-order valence-electron chi connectivity index (χ1n) is 29.2. The van der Waals surface area contributed by atoms with Gasteiger partial charge in [0.2, 0.25) is 0 Å². The summed E-state index contributed by atoms with van der Waals surface area (Å²) in [6.07, 6.45) is -0.263. The molecule has 17 atom stereocenters. The maximum Gasteiger partial charge on any atom is 0.308 e. The van der Waals surface area contributed by atoms with E-state index in [0.29, 0.717) is 32.8 Å².